The first kappa shape index (κ1) is 17.3. The highest BCUT2D eigenvalue weighted by Gasteiger charge is 2.51. The van der Waals surface area contributed by atoms with Gasteiger partial charge in [-0.1, -0.05) is 6.07 Å². The molecule has 0 aromatic heterocycles. The van der Waals surface area contributed by atoms with E-state index in [1.54, 1.807) is 11.8 Å². The fraction of sp³-hybridized carbons (Fsp3) is 0.625. The SMILES string of the molecule is CSc1cc(B2OC(C)(C)C(C)(C)O2)cc(S(C)(C)C)c1. The van der Waals surface area contributed by atoms with Crippen LogP contribution in [0.15, 0.2) is 28.0 Å². The zero-order valence-corrected chi connectivity index (χ0v) is 16.1. The predicted molar refractivity (Wildman–Crippen MR) is 97.6 cm³/mol. The van der Waals surface area contributed by atoms with E-state index in [0.717, 1.165) is 5.46 Å². The molecule has 0 atom stereocenters. The van der Waals surface area contributed by atoms with Gasteiger partial charge in [0.2, 0.25) is 0 Å². The lowest BCUT2D eigenvalue weighted by molar-refractivity contribution is 0.00578. The molecule has 1 saturated heterocycles. The first-order valence-electron chi connectivity index (χ1n) is 7.19. The van der Waals surface area contributed by atoms with Gasteiger partial charge >= 0.3 is 7.12 Å². The second-order valence-corrected chi connectivity index (χ2v) is 12.4. The maximum absolute atomic E-state index is 6.20. The van der Waals surface area contributed by atoms with Gasteiger partial charge in [-0.2, -0.15) is 0 Å². The van der Waals surface area contributed by atoms with Crippen molar-refractivity contribution in [3.8, 4) is 0 Å². The third-order valence-corrected chi connectivity index (χ3v) is 6.73. The molecule has 21 heavy (non-hydrogen) atoms. The third kappa shape index (κ3) is 3.47. The van der Waals surface area contributed by atoms with Crippen LogP contribution in [0.5, 0.6) is 0 Å². The minimum absolute atomic E-state index is 0.275. The summed E-state index contributed by atoms with van der Waals surface area (Å²) in [5.41, 5.74) is 0.557. The zero-order valence-electron chi connectivity index (χ0n) is 14.4. The molecule has 2 rings (SSSR count). The van der Waals surface area contributed by atoms with Crippen LogP contribution in [0.2, 0.25) is 0 Å². The normalized spacial score (nSPS) is 21.6. The molecule has 1 fully saturated rings. The molecule has 0 aliphatic carbocycles. The summed E-state index contributed by atoms with van der Waals surface area (Å²) in [6.45, 7) is 8.39. The summed E-state index contributed by atoms with van der Waals surface area (Å²) in [6, 6.07) is 6.76. The summed E-state index contributed by atoms with van der Waals surface area (Å²) in [6.07, 6.45) is 9.08. The molecule has 1 aromatic rings. The number of hydrogen-bond acceptors (Lipinski definition) is 3. The Hall–Kier alpha value is -0.0951. The van der Waals surface area contributed by atoms with E-state index in [9.17, 15) is 0 Å². The van der Waals surface area contributed by atoms with E-state index in [0.29, 0.717) is 0 Å². The van der Waals surface area contributed by atoms with Crippen molar-refractivity contribution in [2.75, 3.05) is 25.0 Å². The van der Waals surface area contributed by atoms with Gasteiger partial charge in [-0.15, -0.1) is 11.8 Å². The number of hydrogen-bond donors (Lipinski definition) is 0. The van der Waals surface area contributed by atoms with E-state index < -0.39 is 10.0 Å². The second kappa shape index (κ2) is 5.52. The van der Waals surface area contributed by atoms with Crippen molar-refractivity contribution in [3.63, 3.8) is 0 Å². The lowest BCUT2D eigenvalue weighted by Gasteiger charge is -2.32. The smallest absolute Gasteiger partial charge is 0.399 e. The molecule has 0 N–H and O–H groups in total. The second-order valence-electron chi connectivity index (χ2n) is 7.37. The topological polar surface area (TPSA) is 18.5 Å². The molecule has 118 valence electrons. The number of thioether (sulfide) groups is 1. The van der Waals surface area contributed by atoms with Gasteiger partial charge in [0.25, 0.3) is 0 Å². The quantitative estimate of drug-likeness (QED) is 0.622. The van der Waals surface area contributed by atoms with Crippen molar-refractivity contribution >= 4 is 34.4 Å². The number of rotatable bonds is 3. The maximum Gasteiger partial charge on any atom is 0.494 e. The molecule has 2 nitrogen and oxygen atoms in total. The highest BCUT2D eigenvalue weighted by Crippen LogP contribution is 2.46. The Morgan fingerprint density at radius 2 is 1.48 bits per heavy atom. The molecule has 0 amide bonds. The van der Waals surface area contributed by atoms with Crippen LogP contribution in [-0.2, 0) is 9.31 Å². The predicted octanol–water partition coefficient (Wildman–Crippen LogP) is 3.76. The molecule has 0 saturated carbocycles. The van der Waals surface area contributed by atoms with Crippen molar-refractivity contribution < 1.29 is 9.31 Å². The van der Waals surface area contributed by atoms with Gasteiger partial charge in [-0.3, -0.25) is 0 Å². The summed E-state index contributed by atoms with van der Waals surface area (Å²) < 4.78 is 12.4. The van der Waals surface area contributed by atoms with Crippen LogP contribution < -0.4 is 5.46 Å². The van der Waals surface area contributed by atoms with Gasteiger partial charge < -0.3 is 9.31 Å². The van der Waals surface area contributed by atoms with E-state index >= 15 is 0 Å². The van der Waals surface area contributed by atoms with Crippen LogP contribution in [0.3, 0.4) is 0 Å². The molecule has 1 heterocycles. The van der Waals surface area contributed by atoms with Crippen molar-refractivity contribution in [1.29, 1.82) is 0 Å². The summed E-state index contributed by atoms with van der Waals surface area (Å²) in [4.78, 5) is 2.68. The van der Waals surface area contributed by atoms with E-state index in [1.165, 1.54) is 9.79 Å². The molecule has 1 aromatic carbocycles. The lowest BCUT2D eigenvalue weighted by atomic mass is 9.79. The van der Waals surface area contributed by atoms with Crippen LogP contribution in [0.1, 0.15) is 27.7 Å². The first-order valence-corrected chi connectivity index (χ1v) is 11.3. The Morgan fingerprint density at radius 1 is 0.952 bits per heavy atom. The Labute approximate surface area is 135 Å². The first-order chi connectivity index (χ1) is 9.46. The lowest BCUT2D eigenvalue weighted by Crippen LogP contribution is -2.41. The van der Waals surface area contributed by atoms with Gasteiger partial charge in [0.05, 0.1) is 11.2 Å². The van der Waals surface area contributed by atoms with E-state index in [1.807, 2.05) is 0 Å². The molecule has 0 bridgehead atoms. The van der Waals surface area contributed by atoms with Gasteiger partial charge in [-0.25, -0.2) is 10.0 Å². The molecule has 0 spiro atoms. The van der Waals surface area contributed by atoms with Crippen molar-refractivity contribution in [3.05, 3.63) is 18.2 Å². The van der Waals surface area contributed by atoms with Crippen molar-refractivity contribution in [2.45, 2.75) is 48.7 Å². The molecule has 0 radical (unpaired) electrons. The van der Waals surface area contributed by atoms with Crippen LogP contribution in [-0.4, -0.2) is 43.3 Å². The summed E-state index contributed by atoms with van der Waals surface area (Å²) in [7, 11) is -1.04. The van der Waals surface area contributed by atoms with Crippen molar-refractivity contribution in [1.82, 2.24) is 0 Å². The molecular formula is C16H27BO2S2. The Morgan fingerprint density at radius 3 is 1.90 bits per heavy atom. The van der Waals surface area contributed by atoms with E-state index in [2.05, 4.69) is 70.9 Å². The average Bonchev–Trinajstić information content (AvgIpc) is 2.57. The molecular weight excluding hydrogens is 299 g/mol. The summed E-state index contributed by atoms with van der Waals surface area (Å²) in [5, 5.41) is 0. The molecule has 1 aliphatic heterocycles. The number of benzene rings is 1. The maximum atomic E-state index is 6.20. The van der Waals surface area contributed by atoms with E-state index in [-0.39, 0.29) is 18.3 Å². The Bertz CT molecular complexity index is 520. The van der Waals surface area contributed by atoms with Gasteiger partial charge in [0, 0.05) is 4.90 Å². The minimum atomic E-state index is -0.769. The monoisotopic (exact) mass is 326 g/mol. The fourth-order valence-corrected chi connectivity index (χ4v) is 3.72. The molecule has 1 aliphatic rings. The van der Waals surface area contributed by atoms with Crippen LogP contribution in [0.4, 0.5) is 0 Å². The van der Waals surface area contributed by atoms with Crippen LogP contribution in [0, 0.1) is 0 Å². The average molecular weight is 326 g/mol. The van der Waals surface area contributed by atoms with Crippen molar-refractivity contribution in [2.24, 2.45) is 0 Å². The van der Waals surface area contributed by atoms with E-state index in [4.69, 9.17) is 9.31 Å². The highest BCUT2D eigenvalue weighted by molar-refractivity contribution is 8.32. The fourth-order valence-electron chi connectivity index (χ4n) is 2.18. The third-order valence-electron chi connectivity index (χ3n) is 4.37. The zero-order chi connectivity index (χ0) is 16.1. The highest BCUT2D eigenvalue weighted by atomic mass is 32.3. The van der Waals surface area contributed by atoms with Gasteiger partial charge in [0.15, 0.2) is 0 Å². The van der Waals surface area contributed by atoms with Gasteiger partial charge in [-0.05, 0) is 75.2 Å². The Balaban J connectivity index is 2.42. The van der Waals surface area contributed by atoms with Crippen LogP contribution >= 0.6 is 21.8 Å². The minimum Gasteiger partial charge on any atom is -0.399 e. The Kier molecular flexibility index (Phi) is 4.54. The van der Waals surface area contributed by atoms with Gasteiger partial charge in [0.1, 0.15) is 0 Å². The van der Waals surface area contributed by atoms with Crippen LogP contribution in [0.25, 0.3) is 0 Å². The standard InChI is InChI=1S/C16H27BO2S2/c1-15(2)16(3,4)19-17(18-15)12-9-13(20-5)11-14(10-12)21(6,7)8/h9-11H,1-8H3. The molecule has 0 unspecified atom stereocenters. The summed E-state index contributed by atoms with van der Waals surface area (Å²) >= 11 is 1.77. The largest absolute Gasteiger partial charge is 0.494 e. The molecule has 5 heteroatoms. The summed E-state index contributed by atoms with van der Waals surface area (Å²) in [5.74, 6) is 0.